The summed E-state index contributed by atoms with van der Waals surface area (Å²) in [6.45, 7) is 3.86. The largest absolute Gasteiger partial charge is 0.506 e. The zero-order valence-electron chi connectivity index (χ0n) is 13.0. The van der Waals surface area contributed by atoms with Crippen LogP contribution < -0.4 is 5.32 Å². The molecule has 0 aromatic heterocycles. The van der Waals surface area contributed by atoms with E-state index in [1.165, 1.54) is 6.08 Å². The van der Waals surface area contributed by atoms with Gasteiger partial charge in [0.15, 0.2) is 0 Å². The Kier molecular flexibility index (Phi) is 6.02. The molecule has 4 nitrogen and oxygen atoms in total. The normalized spacial score (nSPS) is 11.0. The second-order valence-corrected chi connectivity index (χ2v) is 7.35. The second-order valence-electron chi connectivity index (χ2n) is 5.27. The average Bonchev–Trinajstić information content (AvgIpc) is 2.51. The first-order valence-corrected chi connectivity index (χ1v) is 8.87. The van der Waals surface area contributed by atoms with Crippen molar-refractivity contribution in [2.45, 2.75) is 13.8 Å². The maximum Gasteiger partial charge on any atom is 0.266 e. The lowest BCUT2D eigenvalue weighted by Gasteiger charge is -2.09. The van der Waals surface area contributed by atoms with Gasteiger partial charge in [0.1, 0.15) is 17.4 Å². The molecule has 0 saturated carbocycles. The Morgan fingerprint density at radius 3 is 2.67 bits per heavy atom. The zero-order chi connectivity index (χ0) is 17.9. The van der Waals surface area contributed by atoms with Crippen LogP contribution in [0.15, 0.2) is 40.4 Å². The smallest absolute Gasteiger partial charge is 0.266 e. The molecule has 0 saturated heterocycles. The summed E-state index contributed by atoms with van der Waals surface area (Å²) in [6.07, 6.45) is 1.38. The standard InChI is InChI=1S/C18H14BrIN2O2/c1-10-3-4-16(11(2)5-10)22-18(24)13(9-21)6-12-7-14(19)8-15(20)17(12)23/h3-8,23H,1-2H3,(H,22,24). The highest BCUT2D eigenvalue weighted by atomic mass is 127. The average molecular weight is 497 g/mol. The van der Waals surface area contributed by atoms with Crippen molar-refractivity contribution in [3.63, 3.8) is 0 Å². The van der Waals surface area contributed by atoms with Crippen LogP contribution in [-0.2, 0) is 4.79 Å². The monoisotopic (exact) mass is 496 g/mol. The van der Waals surface area contributed by atoms with Crippen molar-refractivity contribution in [2.75, 3.05) is 5.32 Å². The molecule has 2 rings (SSSR count). The summed E-state index contributed by atoms with van der Waals surface area (Å²) in [5.41, 5.74) is 2.98. The van der Waals surface area contributed by atoms with Gasteiger partial charge in [0.25, 0.3) is 5.91 Å². The van der Waals surface area contributed by atoms with E-state index in [0.29, 0.717) is 14.8 Å². The van der Waals surface area contributed by atoms with Gasteiger partial charge in [-0.25, -0.2) is 0 Å². The lowest BCUT2D eigenvalue weighted by molar-refractivity contribution is -0.112. The summed E-state index contributed by atoms with van der Waals surface area (Å²) in [5, 5.41) is 22.1. The third-order valence-electron chi connectivity index (χ3n) is 3.35. The molecule has 2 aromatic carbocycles. The molecule has 2 aromatic rings. The van der Waals surface area contributed by atoms with Crippen LogP contribution in [0.5, 0.6) is 5.75 Å². The number of nitrogens with one attached hydrogen (secondary N) is 1. The van der Waals surface area contributed by atoms with Crippen LogP contribution in [0.4, 0.5) is 5.69 Å². The number of carbonyl (C=O) groups is 1. The molecular weight excluding hydrogens is 483 g/mol. The lowest BCUT2D eigenvalue weighted by Crippen LogP contribution is -2.14. The first-order chi connectivity index (χ1) is 11.3. The number of anilines is 1. The molecule has 0 heterocycles. The van der Waals surface area contributed by atoms with E-state index in [-0.39, 0.29) is 11.3 Å². The Bertz CT molecular complexity index is 885. The summed E-state index contributed by atoms with van der Waals surface area (Å²) in [5.74, 6) is -0.482. The maximum absolute atomic E-state index is 12.4. The third-order valence-corrected chi connectivity index (χ3v) is 4.63. The van der Waals surface area contributed by atoms with Crippen molar-refractivity contribution in [3.8, 4) is 11.8 Å². The van der Waals surface area contributed by atoms with Crippen LogP contribution in [0.1, 0.15) is 16.7 Å². The van der Waals surface area contributed by atoms with E-state index in [4.69, 9.17) is 0 Å². The molecule has 0 aliphatic rings. The Balaban J connectivity index is 2.34. The minimum absolute atomic E-state index is 0.0332. The molecule has 0 aliphatic carbocycles. The van der Waals surface area contributed by atoms with E-state index < -0.39 is 5.91 Å². The second kappa shape index (κ2) is 7.81. The number of nitrogens with zero attached hydrogens (tertiary/aromatic N) is 1. The Morgan fingerprint density at radius 1 is 1.33 bits per heavy atom. The number of rotatable bonds is 3. The molecule has 0 unspecified atom stereocenters. The fraction of sp³-hybridized carbons (Fsp3) is 0.111. The summed E-state index contributed by atoms with van der Waals surface area (Å²) in [6, 6.07) is 10.9. The van der Waals surface area contributed by atoms with Crippen LogP contribution in [0.25, 0.3) is 6.08 Å². The van der Waals surface area contributed by atoms with E-state index >= 15 is 0 Å². The van der Waals surface area contributed by atoms with E-state index in [9.17, 15) is 15.2 Å². The highest BCUT2D eigenvalue weighted by molar-refractivity contribution is 14.1. The number of benzene rings is 2. The molecule has 0 fully saturated rings. The first kappa shape index (κ1) is 18.5. The highest BCUT2D eigenvalue weighted by Gasteiger charge is 2.13. The molecule has 0 radical (unpaired) electrons. The third kappa shape index (κ3) is 4.36. The van der Waals surface area contributed by atoms with Gasteiger partial charge in [-0.15, -0.1) is 0 Å². The van der Waals surface area contributed by atoms with Crippen LogP contribution in [0.3, 0.4) is 0 Å². The molecule has 1 amide bonds. The fourth-order valence-electron chi connectivity index (χ4n) is 2.14. The molecule has 24 heavy (non-hydrogen) atoms. The molecule has 6 heteroatoms. The number of carbonyl (C=O) groups excluding carboxylic acids is 1. The number of aryl methyl sites for hydroxylation is 2. The number of nitriles is 1. The topological polar surface area (TPSA) is 73.1 Å². The van der Waals surface area contributed by atoms with Crippen molar-refractivity contribution >= 4 is 56.2 Å². The number of hydrogen-bond acceptors (Lipinski definition) is 3. The minimum Gasteiger partial charge on any atom is -0.506 e. The van der Waals surface area contributed by atoms with Crippen LogP contribution in [0.2, 0.25) is 0 Å². The zero-order valence-corrected chi connectivity index (χ0v) is 16.8. The molecule has 122 valence electrons. The fourth-order valence-corrected chi connectivity index (χ4v) is 3.69. The van der Waals surface area contributed by atoms with Crippen molar-refractivity contribution in [1.82, 2.24) is 0 Å². The van der Waals surface area contributed by atoms with Crippen LogP contribution >= 0.6 is 38.5 Å². The van der Waals surface area contributed by atoms with E-state index in [1.54, 1.807) is 18.2 Å². The van der Waals surface area contributed by atoms with Crippen LogP contribution in [-0.4, -0.2) is 11.0 Å². The number of halogens is 2. The van der Waals surface area contributed by atoms with E-state index in [1.807, 2.05) is 54.6 Å². The molecule has 0 aliphatic heterocycles. The van der Waals surface area contributed by atoms with Crippen molar-refractivity contribution in [3.05, 3.63) is 60.6 Å². The SMILES string of the molecule is Cc1ccc(NC(=O)C(C#N)=Cc2cc(Br)cc(I)c2O)c(C)c1. The van der Waals surface area contributed by atoms with Gasteiger partial charge >= 0.3 is 0 Å². The predicted molar refractivity (Wildman–Crippen MR) is 107 cm³/mol. The molecule has 0 spiro atoms. The van der Waals surface area contributed by atoms with Gasteiger partial charge in [-0.2, -0.15) is 5.26 Å². The predicted octanol–water partition coefficient (Wildman–Crippen LogP) is 4.92. The van der Waals surface area contributed by atoms with Gasteiger partial charge in [0.05, 0.1) is 3.57 Å². The van der Waals surface area contributed by atoms with Gasteiger partial charge < -0.3 is 10.4 Å². The van der Waals surface area contributed by atoms with Crippen molar-refractivity contribution < 1.29 is 9.90 Å². The summed E-state index contributed by atoms with van der Waals surface area (Å²) < 4.78 is 1.38. The van der Waals surface area contributed by atoms with Crippen LogP contribution in [0, 0.1) is 28.7 Å². The number of hydrogen-bond donors (Lipinski definition) is 2. The van der Waals surface area contributed by atoms with Gasteiger partial charge in [-0.3, -0.25) is 4.79 Å². The summed E-state index contributed by atoms with van der Waals surface area (Å²) in [4.78, 5) is 12.4. The van der Waals surface area contributed by atoms with E-state index in [2.05, 4.69) is 21.2 Å². The number of aromatic hydroxyl groups is 1. The highest BCUT2D eigenvalue weighted by Crippen LogP contribution is 2.30. The Labute approximate surface area is 162 Å². The molecule has 0 atom stereocenters. The minimum atomic E-state index is -0.515. The van der Waals surface area contributed by atoms with Gasteiger partial charge in [-0.1, -0.05) is 33.6 Å². The molecule has 0 bridgehead atoms. The van der Waals surface area contributed by atoms with Gasteiger partial charge in [-0.05, 0) is 66.3 Å². The maximum atomic E-state index is 12.4. The van der Waals surface area contributed by atoms with Gasteiger partial charge in [0, 0.05) is 15.7 Å². The van der Waals surface area contributed by atoms with E-state index in [0.717, 1.165) is 15.6 Å². The summed E-state index contributed by atoms with van der Waals surface area (Å²) >= 11 is 5.32. The lowest BCUT2D eigenvalue weighted by atomic mass is 10.1. The van der Waals surface area contributed by atoms with Gasteiger partial charge in [0.2, 0.25) is 0 Å². The molecular formula is C18H14BrIN2O2. The number of phenolic OH excluding ortho intramolecular Hbond substituents is 1. The first-order valence-electron chi connectivity index (χ1n) is 7.00. The number of phenols is 1. The summed E-state index contributed by atoms with van der Waals surface area (Å²) in [7, 11) is 0. The van der Waals surface area contributed by atoms with Crippen molar-refractivity contribution in [2.24, 2.45) is 0 Å². The molecule has 2 N–H and O–H groups in total. The Hall–Kier alpha value is -1.85. The number of amides is 1. The Morgan fingerprint density at radius 2 is 2.04 bits per heavy atom. The quantitative estimate of drug-likeness (QED) is 0.360. The van der Waals surface area contributed by atoms with Crippen molar-refractivity contribution in [1.29, 1.82) is 5.26 Å².